The molecule has 1 aromatic carbocycles. The quantitative estimate of drug-likeness (QED) is 0.887. The van der Waals surface area contributed by atoms with Gasteiger partial charge in [0.2, 0.25) is 6.10 Å². The number of carbonyl (C=O) groups is 2. The lowest BCUT2D eigenvalue weighted by Gasteiger charge is -2.11. The predicted molar refractivity (Wildman–Crippen MR) is 74.9 cm³/mol. The molecule has 0 saturated heterocycles. The highest BCUT2D eigenvalue weighted by Crippen LogP contribution is 2.23. The monoisotopic (exact) mass is 285 g/mol. The van der Waals surface area contributed by atoms with Crippen LogP contribution in [-0.4, -0.2) is 33.8 Å². The molecule has 0 bridgehead atoms. The summed E-state index contributed by atoms with van der Waals surface area (Å²) < 4.78 is 0. The third-order valence-corrected chi connectivity index (χ3v) is 3.15. The highest BCUT2D eigenvalue weighted by Gasteiger charge is 2.31. The summed E-state index contributed by atoms with van der Waals surface area (Å²) in [7, 11) is 0. The number of aromatic nitrogens is 1. The first-order chi connectivity index (χ1) is 10.1. The zero-order valence-electron chi connectivity index (χ0n) is 10.8. The van der Waals surface area contributed by atoms with Gasteiger partial charge in [-0.3, -0.25) is 9.78 Å². The van der Waals surface area contributed by atoms with Crippen LogP contribution in [0.4, 0.5) is 5.69 Å². The number of nitrogens with one attached hydrogen (secondary N) is 1. The first-order valence-electron chi connectivity index (χ1n) is 6.25. The molecule has 3 rings (SSSR count). The molecule has 2 heterocycles. The number of anilines is 1. The van der Waals surface area contributed by atoms with E-state index >= 15 is 0 Å². The van der Waals surface area contributed by atoms with Gasteiger partial charge in [0, 0.05) is 35.3 Å². The van der Waals surface area contributed by atoms with Crippen molar-refractivity contribution in [2.75, 3.05) is 5.32 Å². The third kappa shape index (κ3) is 2.53. The summed E-state index contributed by atoms with van der Waals surface area (Å²) in [5.41, 5.74) is 0.463. The van der Waals surface area contributed by atoms with Gasteiger partial charge >= 0.3 is 5.97 Å². The molecule has 1 amide bonds. The number of pyridine rings is 1. The molecule has 2 aromatic rings. The fraction of sp³-hybridized carbons (Fsp3) is 0.143. The van der Waals surface area contributed by atoms with Gasteiger partial charge in [0.05, 0.1) is 0 Å². The number of nitrogens with zero attached hydrogens (tertiary/aromatic N) is 2. The maximum atomic E-state index is 12.1. The van der Waals surface area contributed by atoms with Gasteiger partial charge in [0.25, 0.3) is 5.91 Å². The Balaban J connectivity index is 1.77. The zero-order chi connectivity index (χ0) is 14.8. The molecule has 0 saturated carbocycles. The van der Waals surface area contributed by atoms with Crippen LogP contribution in [0.2, 0.25) is 0 Å². The van der Waals surface area contributed by atoms with Gasteiger partial charge in [-0.25, -0.2) is 4.79 Å². The number of fused-ring (bicyclic) bond motifs is 1. The van der Waals surface area contributed by atoms with E-state index in [-0.39, 0.29) is 12.1 Å². The second kappa shape index (κ2) is 5.20. The Labute approximate surface area is 119 Å². The average Bonchev–Trinajstić information content (AvgIpc) is 2.98. The number of carbonyl (C=O) groups excluding carboxylic acids is 1. The number of amides is 1. The van der Waals surface area contributed by atoms with E-state index in [1.54, 1.807) is 30.6 Å². The highest BCUT2D eigenvalue weighted by molar-refractivity contribution is 6.36. The van der Waals surface area contributed by atoms with Crippen molar-refractivity contribution in [1.82, 2.24) is 4.98 Å². The minimum atomic E-state index is -1.18. The molecule has 0 radical (unpaired) electrons. The van der Waals surface area contributed by atoms with Crippen LogP contribution in [-0.2, 0) is 14.4 Å². The van der Waals surface area contributed by atoms with Crippen LogP contribution in [0.15, 0.2) is 41.8 Å². The van der Waals surface area contributed by atoms with Crippen LogP contribution in [0.5, 0.6) is 0 Å². The second-order valence-corrected chi connectivity index (χ2v) is 4.53. The smallest absolute Gasteiger partial charge is 0.353 e. The number of carboxylic acids is 1. The Bertz CT molecular complexity index is 751. The van der Waals surface area contributed by atoms with Gasteiger partial charge in [-0.05, 0) is 12.1 Å². The molecule has 106 valence electrons. The van der Waals surface area contributed by atoms with Crippen LogP contribution in [0.1, 0.15) is 6.42 Å². The molecule has 1 aliphatic rings. The molecule has 7 heteroatoms. The van der Waals surface area contributed by atoms with Gasteiger partial charge in [-0.1, -0.05) is 17.3 Å². The maximum absolute atomic E-state index is 12.1. The summed E-state index contributed by atoms with van der Waals surface area (Å²) in [6.07, 6.45) is 2.36. The Hall–Kier alpha value is -2.96. The largest absolute Gasteiger partial charge is 0.477 e. The Morgan fingerprint density at radius 3 is 2.95 bits per heavy atom. The summed E-state index contributed by atoms with van der Waals surface area (Å²) in [4.78, 5) is 31.7. The first-order valence-corrected chi connectivity index (χ1v) is 6.25. The molecule has 0 fully saturated rings. The number of carboxylic acid groups (broad SMARTS) is 1. The Morgan fingerprint density at radius 1 is 1.33 bits per heavy atom. The van der Waals surface area contributed by atoms with E-state index in [1.807, 2.05) is 6.07 Å². The van der Waals surface area contributed by atoms with E-state index in [9.17, 15) is 9.59 Å². The molecule has 1 unspecified atom stereocenters. The molecule has 21 heavy (non-hydrogen) atoms. The fourth-order valence-corrected chi connectivity index (χ4v) is 2.09. The summed E-state index contributed by atoms with van der Waals surface area (Å²) in [6.45, 7) is 0. The topological polar surface area (TPSA) is 101 Å². The lowest BCUT2D eigenvalue weighted by molar-refractivity contribution is -0.129. The standard InChI is InChI=1S/C14H11N3O4/c18-13(12-6-11(14(19)20)17-21-12)16-10-3-1-2-8-7-15-5-4-9(8)10/h1-5,7,12H,6H2,(H,16,18)(H,19,20). The van der Waals surface area contributed by atoms with E-state index in [4.69, 9.17) is 9.94 Å². The van der Waals surface area contributed by atoms with E-state index in [0.29, 0.717) is 5.69 Å². The van der Waals surface area contributed by atoms with Crippen molar-refractivity contribution in [3.63, 3.8) is 0 Å². The van der Waals surface area contributed by atoms with Crippen molar-refractivity contribution in [3.05, 3.63) is 36.7 Å². The van der Waals surface area contributed by atoms with E-state index in [2.05, 4.69) is 15.5 Å². The van der Waals surface area contributed by atoms with Crippen molar-refractivity contribution in [1.29, 1.82) is 0 Å². The van der Waals surface area contributed by atoms with Gasteiger partial charge in [-0.2, -0.15) is 0 Å². The molecule has 1 aliphatic heterocycles. The van der Waals surface area contributed by atoms with E-state index in [1.165, 1.54) is 0 Å². The summed E-state index contributed by atoms with van der Waals surface area (Å²) in [6, 6.07) is 7.23. The van der Waals surface area contributed by atoms with Gasteiger partial charge in [-0.15, -0.1) is 0 Å². The minimum Gasteiger partial charge on any atom is -0.477 e. The molecule has 2 N–H and O–H groups in total. The molecule has 1 atom stereocenters. The number of hydrogen-bond donors (Lipinski definition) is 2. The molecule has 0 aliphatic carbocycles. The van der Waals surface area contributed by atoms with E-state index in [0.717, 1.165) is 10.8 Å². The number of oxime groups is 1. The number of rotatable bonds is 3. The Morgan fingerprint density at radius 2 is 2.19 bits per heavy atom. The van der Waals surface area contributed by atoms with E-state index < -0.39 is 18.0 Å². The van der Waals surface area contributed by atoms with Crippen molar-refractivity contribution in [3.8, 4) is 0 Å². The van der Waals surface area contributed by atoms with Gasteiger partial charge in [0.1, 0.15) is 0 Å². The normalized spacial score (nSPS) is 17.1. The summed E-state index contributed by atoms with van der Waals surface area (Å²) in [5.74, 6) is -1.61. The van der Waals surface area contributed by atoms with Crippen LogP contribution in [0.25, 0.3) is 10.8 Å². The number of benzene rings is 1. The average molecular weight is 285 g/mol. The lowest BCUT2D eigenvalue weighted by atomic mass is 10.1. The second-order valence-electron chi connectivity index (χ2n) is 4.53. The predicted octanol–water partition coefficient (Wildman–Crippen LogP) is 1.40. The highest BCUT2D eigenvalue weighted by atomic mass is 16.6. The molecule has 7 nitrogen and oxygen atoms in total. The third-order valence-electron chi connectivity index (χ3n) is 3.15. The number of hydrogen-bond acceptors (Lipinski definition) is 5. The zero-order valence-corrected chi connectivity index (χ0v) is 10.8. The van der Waals surface area contributed by atoms with Crippen molar-refractivity contribution in [2.24, 2.45) is 5.16 Å². The summed E-state index contributed by atoms with van der Waals surface area (Å²) in [5, 5.41) is 16.6. The lowest BCUT2D eigenvalue weighted by Crippen LogP contribution is -2.29. The van der Waals surface area contributed by atoms with Gasteiger partial charge in [0.15, 0.2) is 5.71 Å². The summed E-state index contributed by atoms with van der Waals surface area (Å²) >= 11 is 0. The van der Waals surface area contributed by atoms with Gasteiger partial charge < -0.3 is 15.3 Å². The number of aliphatic carboxylic acids is 1. The molecular formula is C14H11N3O4. The molecular weight excluding hydrogens is 274 g/mol. The maximum Gasteiger partial charge on any atom is 0.353 e. The first kappa shape index (κ1) is 13.0. The molecule has 0 spiro atoms. The van der Waals surface area contributed by atoms with Crippen molar-refractivity contribution >= 4 is 34.0 Å². The van der Waals surface area contributed by atoms with Crippen molar-refractivity contribution in [2.45, 2.75) is 12.5 Å². The van der Waals surface area contributed by atoms with Crippen LogP contribution < -0.4 is 5.32 Å². The molecule has 1 aromatic heterocycles. The van der Waals surface area contributed by atoms with Crippen LogP contribution in [0, 0.1) is 0 Å². The SMILES string of the molecule is O=C(O)C1=NOC(C(=O)Nc2cccc3cnccc23)C1. The van der Waals surface area contributed by atoms with Crippen LogP contribution in [0.3, 0.4) is 0 Å². The fourth-order valence-electron chi connectivity index (χ4n) is 2.09. The minimum absolute atomic E-state index is 0.0481. The van der Waals surface area contributed by atoms with Crippen LogP contribution >= 0.6 is 0 Å². The van der Waals surface area contributed by atoms with Crippen molar-refractivity contribution < 1.29 is 19.5 Å². The Kier molecular flexibility index (Phi) is 3.23.